The Morgan fingerprint density at radius 3 is 2.34 bits per heavy atom. The number of piperazine rings is 1. The van der Waals surface area contributed by atoms with Gasteiger partial charge in [0.05, 0.1) is 18.5 Å². The zero-order valence-electron chi connectivity index (χ0n) is 15.8. The van der Waals surface area contributed by atoms with Crippen molar-refractivity contribution in [2.24, 2.45) is 0 Å². The minimum absolute atomic E-state index is 0.0330. The Labute approximate surface area is 172 Å². The molecule has 2 aliphatic carbocycles. The molecule has 0 spiro atoms. The van der Waals surface area contributed by atoms with E-state index in [4.69, 9.17) is 11.6 Å². The average molecular weight is 419 g/mol. The van der Waals surface area contributed by atoms with E-state index in [9.17, 15) is 13.6 Å². The Morgan fingerprint density at radius 2 is 1.76 bits per heavy atom. The summed E-state index contributed by atoms with van der Waals surface area (Å²) in [7, 11) is 0. The predicted molar refractivity (Wildman–Crippen MR) is 105 cm³/mol. The summed E-state index contributed by atoms with van der Waals surface area (Å²) in [6, 6.07) is 6.50. The maximum atomic E-state index is 14.5. The Balaban J connectivity index is 1.30. The van der Waals surface area contributed by atoms with E-state index in [1.165, 1.54) is 12.1 Å². The van der Waals surface area contributed by atoms with Crippen molar-refractivity contribution in [3.05, 3.63) is 52.2 Å². The van der Waals surface area contributed by atoms with Crippen LogP contribution in [0, 0.1) is 11.6 Å². The molecule has 1 aromatic carbocycles. The standard InChI is InChI=1S/C21H21ClF2N4O/c22-19-5-6-20(26-25-19)27-7-8-28(18-4-3-17(18)27)21(29)11-14-15(23)9-13(10-16(14)24)12-1-2-12/h5-6,9-10,12,17-18H,1-4,7-8,11H2. The smallest absolute Gasteiger partial charge is 0.227 e. The molecule has 2 heterocycles. The SMILES string of the molecule is O=C(Cc1c(F)cc(C2CC2)cc1F)N1CCN(c2ccc(Cl)nn2)C2CCC21. The van der Waals surface area contributed by atoms with Gasteiger partial charge in [-0.2, -0.15) is 0 Å². The molecule has 29 heavy (non-hydrogen) atoms. The Kier molecular flexibility index (Phi) is 4.65. The summed E-state index contributed by atoms with van der Waals surface area (Å²) in [4.78, 5) is 16.8. The molecule has 2 aromatic rings. The van der Waals surface area contributed by atoms with Gasteiger partial charge in [-0.05, 0) is 61.4 Å². The maximum absolute atomic E-state index is 14.5. The van der Waals surface area contributed by atoms with Crippen LogP contribution in [0.15, 0.2) is 24.3 Å². The second-order valence-electron chi connectivity index (χ2n) is 8.12. The number of rotatable bonds is 4. The molecule has 0 N–H and O–H groups in total. The van der Waals surface area contributed by atoms with Crippen LogP contribution in [0.2, 0.25) is 5.15 Å². The minimum Gasteiger partial charge on any atom is -0.348 e. The van der Waals surface area contributed by atoms with Crippen molar-refractivity contribution < 1.29 is 13.6 Å². The summed E-state index contributed by atoms with van der Waals surface area (Å²) in [5, 5.41) is 8.39. The fraction of sp³-hybridized carbons (Fsp3) is 0.476. The van der Waals surface area contributed by atoms with E-state index >= 15 is 0 Å². The van der Waals surface area contributed by atoms with Crippen LogP contribution in [0.3, 0.4) is 0 Å². The van der Waals surface area contributed by atoms with Crippen LogP contribution >= 0.6 is 11.6 Å². The van der Waals surface area contributed by atoms with Gasteiger partial charge in [-0.3, -0.25) is 4.79 Å². The molecule has 8 heteroatoms. The highest BCUT2D eigenvalue weighted by Gasteiger charge is 2.45. The van der Waals surface area contributed by atoms with Gasteiger partial charge in [0.2, 0.25) is 5.91 Å². The van der Waals surface area contributed by atoms with Crippen molar-refractivity contribution in [3.8, 4) is 0 Å². The monoisotopic (exact) mass is 418 g/mol. The van der Waals surface area contributed by atoms with Crippen molar-refractivity contribution in [1.29, 1.82) is 0 Å². The van der Waals surface area contributed by atoms with Gasteiger partial charge in [-0.1, -0.05) is 11.6 Å². The summed E-state index contributed by atoms with van der Waals surface area (Å²) in [5.74, 6) is -0.438. The van der Waals surface area contributed by atoms with Crippen molar-refractivity contribution in [2.45, 2.75) is 50.1 Å². The second kappa shape index (κ2) is 7.20. The molecule has 0 bridgehead atoms. The maximum Gasteiger partial charge on any atom is 0.227 e. The van der Waals surface area contributed by atoms with E-state index in [1.807, 2.05) is 6.07 Å². The lowest BCUT2D eigenvalue weighted by Gasteiger charge is -2.54. The highest BCUT2D eigenvalue weighted by Crippen LogP contribution is 2.41. The number of amides is 1. The molecule has 2 saturated carbocycles. The van der Waals surface area contributed by atoms with Crippen molar-refractivity contribution in [3.63, 3.8) is 0 Å². The zero-order chi connectivity index (χ0) is 20.1. The van der Waals surface area contributed by atoms with Crippen molar-refractivity contribution in [2.75, 3.05) is 18.0 Å². The first-order valence-electron chi connectivity index (χ1n) is 10.0. The third kappa shape index (κ3) is 3.45. The van der Waals surface area contributed by atoms with E-state index in [1.54, 1.807) is 11.0 Å². The predicted octanol–water partition coefficient (Wildman–Crippen LogP) is 3.71. The summed E-state index contributed by atoms with van der Waals surface area (Å²) in [6.45, 7) is 1.10. The number of benzene rings is 1. The molecular weight excluding hydrogens is 398 g/mol. The van der Waals surface area contributed by atoms with Crippen LogP contribution in [0.25, 0.3) is 0 Å². The van der Waals surface area contributed by atoms with Gasteiger partial charge in [0.25, 0.3) is 0 Å². The average Bonchev–Trinajstić information content (AvgIpc) is 3.50. The van der Waals surface area contributed by atoms with Gasteiger partial charge >= 0.3 is 0 Å². The molecule has 2 atom stereocenters. The zero-order valence-corrected chi connectivity index (χ0v) is 16.6. The molecule has 1 aliphatic heterocycles. The van der Waals surface area contributed by atoms with Gasteiger partial charge in [0.1, 0.15) is 11.6 Å². The van der Waals surface area contributed by atoms with E-state index in [0.29, 0.717) is 23.8 Å². The van der Waals surface area contributed by atoms with Gasteiger partial charge in [0, 0.05) is 18.7 Å². The first kappa shape index (κ1) is 18.7. The molecule has 5 nitrogen and oxygen atoms in total. The molecule has 1 amide bonds. The van der Waals surface area contributed by atoms with Crippen LogP contribution in [0.5, 0.6) is 0 Å². The molecule has 0 radical (unpaired) electrons. The molecule has 1 saturated heterocycles. The number of aromatic nitrogens is 2. The summed E-state index contributed by atoms with van der Waals surface area (Å²) < 4.78 is 29.0. The first-order valence-corrected chi connectivity index (χ1v) is 10.4. The van der Waals surface area contributed by atoms with E-state index in [-0.39, 0.29) is 35.9 Å². The largest absolute Gasteiger partial charge is 0.348 e. The summed E-state index contributed by atoms with van der Waals surface area (Å²) in [6.07, 6.45) is 3.52. The molecular formula is C21H21ClF2N4O. The van der Waals surface area contributed by atoms with E-state index < -0.39 is 11.6 Å². The fourth-order valence-corrected chi connectivity index (χ4v) is 4.59. The third-order valence-corrected chi connectivity index (χ3v) is 6.56. The van der Waals surface area contributed by atoms with E-state index in [0.717, 1.165) is 31.5 Å². The van der Waals surface area contributed by atoms with Gasteiger partial charge < -0.3 is 9.80 Å². The minimum atomic E-state index is -0.611. The molecule has 3 fully saturated rings. The number of hydrogen-bond donors (Lipinski definition) is 0. The lowest BCUT2D eigenvalue weighted by Crippen LogP contribution is -2.66. The van der Waals surface area contributed by atoms with Crippen LogP contribution < -0.4 is 4.90 Å². The quantitative estimate of drug-likeness (QED) is 0.759. The highest BCUT2D eigenvalue weighted by molar-refractivity contribution is 6.29. The molecule has 1 aromatic heterocycles. The Hall–Kier alpha value is -2.28. The number of carbonyl (C=O) groups is 1. The van der Waals surface area contributed by atoms with E-state index in [2.05, 4.69) is 15.1 Å². The topological polar surface area (TPSA) is 49.3 Å². The van der Waals surface area contributed by atoms with Gasteiger partial charge in [0.15, 0.2) is 11.0 Å². The first-order chi connectivity index (χ1) is 14.0. The highest BCUT2D eigenvalue weighted by atomic mass is 35.5. The van der Waals surface area contributed by atoms with Crippen LogP contribution in [0.4, 0.5) is 14.6 Å². The molecule has 3 aliphatic rings. The lowest BCUT2D eigenvalue weighted by molar-refractivity contribution is -0.136. The number of halogens is 3. The number of carbonyl (C=O) groups excluding carboxylic acids is 1. The summed E-state index contributed by atoms with van der Waals surface area (Å²) >= 11 is 5.82. The second-order valence-corrected chi connectivity index (χ2v) is 8.51. The fourth-order valence-electron chi connectivity index (χ4n) is 4.49. The third-order valence-electron chi connectivity index (χ3n) is 6.36. The molecule has 152 valence electrons. The number of anilines is 1. The van der Waals surface area contributed by atoms with Crippen LogP contribution in [-0.2, 0) is 11.2 Å². The van der Waals surface area contributed by atoms with Crippen LogP contribution in [0.1, 0.15) is 42.7 Å². The van der Waals surface area contributed by atoms with Crippen LogP contribution in [-0.4, -0.2) is 46.2 Å². The number of hydrogen-bond acceptors (Lipinski definition) is 4. The van der Waals surface area contributed by atoms with Crippen molar-refractivity contribution in [1.82, 2.24) is 15.1 Å². The normalized spacial score (nSPS) is 23.6. The lowest BCUT2D eigenvalue weighted by atomic mass is 9.81. The van der Waals surface area contributed by atoms with Gasteiger partial charge in [-0.15, -0.1) is 10.2 Å². The summed E-state index contributed by atoms with van der Waals surface area (Å²) in [5.41, 5.74) is 0.578. The Bertz CT molecular complexity index is 927. The molecule has 2 unspecified atom stereocenters. The van der Waals surface area contributed by atoms with Gasteiger partial charge in [-0.25, -0.2) is 8.78 Å². The Morgan fingerprint density at radius 1 is 1.03 bits per heavy atom. The number of nitrogens with zero attached hydrogens (tertiary/aromatic N) is 4. The number of fused-ring (bicyclic) bond motifs is 1. The van der Waals surface area contributed by atoms with Crippen molar-refractivity contribution >= 4 is 23.3 Å². The molecule has 5 rings (SSSR count).